The summed E-state index contributed by atoms with van der Waals surface area (Å²) in [5.74, 6) is 1.08. The number of carbonyl (C=O) groups excluding carboxylic acids is 1. The molecule has 50 heavy (non-hydrogen) atoms. The van der Waals surface area contributed by atoms with Gasteiger partial charge in [-0.25, -0.2) is 0 Å². The van der Waals surface area contributed by atoms with Gasteiger partial charge in [0.2, 0.25) is 0 Å². The number of alkyl halides is 1. The van der Waals surface area contributed by atoms with Crippen molar-refractivity contribution in [3.8, 4) is 17.2 Å². The number of methoxy groups -OCH3 is 1. The molecule has 1 aliphatic heterocycles. The van der Waals surface area contributed by atoms with Gasteiger partial charge < -0.3 is 18.9 Å². The summed E-state index contributed by atoms with van der Waals surface area (Å²) in [7, 11) is 1.61. The Kier molecular flexibility index (Phi) is 14.2. The van der Waals surface area contributed by atoms with Crippen molar-refractivity contribution in [1.29, 1.82) is 0 Å². The van der Waals surface area contributed by atoms with E-state index < -0.39 is 9.85 Å². The molecule has 1 fully saturated rings. The van der Waals surface area contributed by atoms with E-state index in [4.69, 9.17) is 18.9 Å². The molecule has 0 amide bonds. The van der Waals surface area contributed by atoms with Crippen LogP contribution in [0.25, 0.3) is 0 Å². The Morgan fingerprint density at radius 1 is 0.840 bits per heavy atom. The molecule has 1 heterocycles. The fraction of sp³-hybridized carbons (Fsp3) is 0.342. The molecule has 0 aromatic heterocycles. The van der Waals surface area contributed by atoms with Gasteiger partial charge in [0.25, 0.3) is 5.69 Å². The number of unbranched alkanes of at least 4 members (excludes halogenated alkanes) is 1. The summed E-state index contributed by atoms with van der Waals surface area (Å²) >= 11 is 3.28. The number of nitrogens with zero attached hydrogens (tertiary/aromatic N) is 2. The minimum atomic E-state index is -0.424. The molecule has 0 spiro atoms. The van der Waals surface area contributed by atoms with E-state index in [2.05, 4.69) is 22.9 Å². The van der Waals surface area contributed by atoms with Gasteiger partial charge in [-0.1, -0.05) is 83.9 Å². The predicted octanol–water partition coefficient (Wildman–Crippen LogP) is 9.05. The zero-order chi connectivity index (χ0) is 36.0. The zero-order valence-corrected chi connectivity index (χ0v) is 29.9. The quantitative estimate of drug-likeness (QED) is 0.0406. The van der Waals surface area contributed by atoms with Crippen LogP contribution in [0.5, 0.6) is 17.2 Å². The molecule has 0 saturated carbocycles. The highest BCUT2D eigenvalue weighted by Gasteiger charge is 2.32. The highest BCUT2D eigenvalue weighted by Crippen LogP contribution is 2.37. The summed E-state index contributed by atoms with van der Waals surface area (Å²) in [5, 5.41) is 22.8. The van der Waals surface area contributed by atoms with Crippen LogP contribution in [0.4, 0.5) is 11.4 Å². The van der Waals surface area contributed by atoms with Crippen LogP contribution < -0.4 is 14.2 Å². The average Bonchev–Trinajstić information content (AvgIpc) is 3.13. The lowest BCUT2D eigenvalue weighted by molar-refractivity contribution is -0.386. The SMILES string of the molecule is CCCCOc1cc([C@H]2COC(=O)C(Cc3ccc(C)c([N+](=O)[O-])c3)C2)ccc1OC.O=[N+]([O-])c1cc(CBr)ccc1OCc1ccccc1. The number of halogens is 1. The van der Waals surface area contributed by atoms with Crippen molar-refractivity contribution < 1.29 is 33.6 Å². The second kappa shape index (κ2) is 18.7. The molecular weight excluding hydrogens is 708 g/mol. The highest BCUT2D eigenvalue weighted by atomic mass is 79.9. The summed E-state index contributed by atoms with van der Waals surface area (Å²) < 4.78 is 22.3. The molecule has 2 atom stereocenters. The highest BCUT2D eigenvalue weighted by molar-refractivity contribution is 9.08. The molecule has 11 nitrogen and oxygen atoms in total. The molecular formula is C38H41BrN2O9. The second-order valence-corrected chi connectivity index (χ2v) is 12.5. The molecule has 0 N–H and O–H groups in total. The molecule has 4 aromatic rings. The van der Waals surface area contributed by atoms with Crippen LogP contribution in [0.3, 0.4) is 0 Å². The topological polar surface area (TPSA) is 140 Å². The fourth-order valence-electron chi connectivity index (χ4n) is 5.50. The Bertz CT molecular complexity index is 1770. The first-order valence-electron chi connectivity index (χ1n) is 16.3. The Balaban J connectivity index is 0.000000252. The minimum absolute atomic E-state index is 0.00659. The molecule has 1 aliphatic rings. The fourth-order valence-corrected chi connectivity index (χ4v) is 5.85. The van der Waals surface area contributed by atoms with Gasteiger partial charge in [-0.2, -0.15) is 0 Å². The number of nitro groups is 2. The largest absolute Gasteiger partial charge is 0.493 e. The van der Waals surface area contributed by atoms with E-state index in [0.717, 1.165) is 35.1 Å². The van der Waals surface area contributed by atoms with E-state index in [1.165, 1.54) is 6.07 Å². The predicted molar refractivity (Wildman–Crippen MR) is 193 cm³/mol. The van der Waals surface area contributed by atoms with Crippen LogP contribution in [0.15, 0.2) is 84.9 Å². The van der Waals surface area contributed by atoms with Gasteiger partial charge in [-0.15, -0.1) is 0 Å². The van der Waals surface area contributed by atoms with Crippen molar-refractivity contribution in [2.75, 3.05) is 20.3 Å². The first-order chi connectivity index (χ1) is 24.1. The van der Waals surface area contributed by atoms with E-state index >= 15 is 0 Å². The first kappa shape index (κ1) is 37.8. The molecule has 1 saturated heterocycles. The average molecular weight is 750 g/mol. The lowest BCUT2D eigenvalue weighted by Gasteiger charge is -2.29. The van der Waals surface area contributed by atoms with Crippen molar-refractivity contribution in [2.45, 2.75) is 57.4 Å². The van der Waals surface area contributed by atoms with Crippen LogP contribution >= 0.6 is 15.9 Å². The monoisotopic (exact) mass is 748 g/mol. The molecule has 0 aliphatic carbocycles. The zero-order valence-electron chi connectivity index (χ0n) is 28.3. The van der Waals surface area contributed by atoms with Crippen molar-refractivity contribution in [2.24, 2.45) is 5.92 Å². The van der Waals surface area contributed by atoms with Crippen LogP contribution in [0, 0.1) is 33.1 Å². The summed E-state index contributed by atoms with van der Waals surface area (Å²) in [5.41, 5.74) is 4.28. The third kappa shape index (κ3) is 10.5. The molecule has 0 radical (unpaired) electrons. The van der Waals surface area contributed by atoms with Gasteiger partial charge in [0.1, 0.15) is 6.61 Å². The Hall–Kier alpha value is -4.97. The van der Waals surface area contributed by atoms with Gasteiger partial charge in [0.05, 0.1) is 36.1 Å². The van der Waals surface area contributed by atoms with Crippen LogP contribution in [-0.4, -0.2) is 36.1 Å². The maximum Gasteiger partial charge on any atom is 0.311 e. The molecule has 4 aromatic carbocycles. The number of rotatable bonds is 14. The summed E-state index contributed by atoms with van der Waals surface area (Å²) in [6, 6.07) is 25.5. The normalized spacial score (nSPS) is 15.2. The number of carbonyl (C=O) groups is 1. The lowest BCUT2D eigenvalue weighted by Crippen LogP contribution is -2.31. The summed E-state index contributed by atoms with van der Waals surface area (Å²) in [6.07, 6.45) is 3.02. The van der Waals surface area contributed by atoms with E-state index in [-0.39, 0.29) is 29.2 Å². The van der Waals surface area contributed by atoms with Crippen molar-refractivity contribution >= 4 is 33.3 Å². The third-order valence-corrected chi connectivity index (χ3v) is 8.96. The number of cyclic esters (lactones) is 1. The lowest BCUT2D eigenvalue weighted by atomic mass is 9.84. The van der Waals surface area contributed by atoms with E-state index in [9.17, 15) is 25.0 Å². The van der Waals surface area contributed by atoms with Gasteiger partial charge in [0.15, 0.2) is 17.2 Å². The smallest absolute Gasteiger partial charge is 0.311 e. The molecule has 12 heteroatoms. The maximum absolute atomic E-state index is 12.4. The number of esters is 1. The number of benzene rings is 4. The van der Waals surface area contributed by atoms with E-state index in [1.807, 2.05) is 60.7 Å². The number of ether oxygens (including phenoxy) is 4. The number of aryl methyl sites for hydroxylation is 1. The van der Waals surface area contributed by atoms with Crippen molar-refractivity contribution in [1.82, 2.24) is 0 Å². The van der Waals surface area contributed by atoms with E-state index in [1.54, 1.807) is 32.2 Å². The molecule has 0 bridgehead atoms. The minimum Gasteiger partial charge on any atom is -0.493 e. The van der Waals surface area contributed by atoms with Crippen LogP contribution in [0.1, 0.15) is 59.9 Å². The van der Waals surface area contributed by atoms with Crippen LogP contribution in [0.2, 0.25) is 0 Å². The number of hydrogen-bond acceptors (Lipinski definition) is 9. The second-order valence-electron chi connectivity index (χ2n) is 11.9. The Morgan fingerprint density at radius 3 is 2.22 bits per heavy atom. The Labute approximate surface area is 300 Å². The van der Waals surface area contributed by atoms with Crippen molar-refractivity contribution in [3.63, 3.8) is 0 Å². The molecule has 5 rings (SSSR count). The first-order valence-corrected chi connectivity index (χ1v) is 17.5. The molecule has 1 unspecified atom stereocenters. The van der Waals surface area contributed by atoms with Crippen molar-refractivity contribution in [3.05, 3.63) is 133 Å². The molecule has 264 valence electrons. The van der Waals surface area contributed by atoms with Gasteiger partial charge in [-0.3, -0.25) is 25.0 Å². The van der Waals surface area contributed by atoms with Gasteiger partial charge in [-0.05, 0) is 66.6 Å². The standard InChI is InChI=1S/C24H29NO6.C14H12BrNO3/c1-4-5-10-30-23-14-18(8-9-22(23)29-3)20-13-19(24(26)31-15-20)11-17-7-6-16(2)21(12-17)25(27)28;15-9-12-6-7-14(13(8-12)16(17)18)19-10-11-4-2-1-3-5-11/h6-9,12,14,19-20H,4-5,10-11,13,15H2,1-3H3;1-8H,9-10H2/t19?,20-;/m1./s1. The van der Waals surface area contributed by atoms with Gasteiger partial charge >= 0.3 is 11.7 Å². The van der Waals surface area contributed by atoms with Crippen LogP contribution in [-0.2, 0) is 27.9 Å². The number of nitro benzene ring substituents is 2. The van der Waals surface area contributed by atoms with Gasteiger partial charge in [0, 0.05) is 28.9 Å². The summed E-state index contributed by atoms with van der Waals surface area (Å²) in [4.78, 5) is 33.8. The number of hydrogen-bond donors (Lipinski definition) is 0. The maximum atomic E-state index is 12.4. The van der Waals surface area contributed by atoms with E-state index in [0.29, 0.717) is 60.8 Å². The Morgan fingerprint density at radius 2 is 1.54 bits per heavy atom. The third-order valence-electron chi connectivity index (χ3n) is 8.31. The summed E-state index contributed by atoms with van der Waals surface area (Å²) in [6.45, 7) is 5.05.